The third kappa shape index (κ3) is 2.49. The molecule has 2 fully saturated rings. The molecular weight excluding hydrogens is 269 g/mol. The fourth-order valence-electron chi connectivity index (χ4n) is 2.55. The molecule has 1 aromatic heterocycles. The molecule has 110 valence electrons. The van der Waals surface area contributed by atoms with Gasteiger partial charge < -0.3 is 9.64 Å². The molecule has 1 saturated carbocycles. The molecule has 1 aliphatic heterocycles. The van der Waals surface area contributed by atoms with Crippen LogP contribution in [0.25, 0.3) is 0 Å². The van der Waals surface area contributed by atoms with E-state index in [0.29, 0.717) is 32.1 Å². The highest BCUT2D eigenvalue weighted by Gasteiger charge is 2.43. The Morgan fingerprint density at radius 1 is 1.20 bits per heavy atom. The number of hydrogen-bond donors (Lipinski definition) is 0. The number of hydrogen-bond acceptors (Lipinski definition) is 3. The zero-order chi connectivity index (χ0) is 14.4. The van der Waals surface area contributed by atoms with E-state index in [2.05, 4.69) is 11.9 Å². The lowest BCUT2D eigenvalue weighted by Crippen LogP contribution is -2.38. The molecular formula is C14H17F3N2O. The van der Waals surface area contributed by atoms with E-state index in [-0.39, 0.29) is 5.41 Å². The van der Waals surface area contributed by atoms with E-state index in [1.54, 1.807) is 6.07 Å². The first-order valence-electron chi connectivity index (χ1n) is 6.82. The zero-order valence-corrected chi connectivity index (χ0v) is 11.3. The van der Waals surface area contributed by atoms with Crippen molar-refractivity contribution in [1.82, 2.24) is 4.98 Å². The van der Waals surface area contributed by atoms with E-state index >= 15 is 0 Å². The van der Waals surface area contributed by atoms with Crippen LogP contribution < -0.4 is 4.90 Å². The second kappa shape index (κ2) is 4.62. The van der Waals surface area contributed by atoms with Gasteiger partial charge in [-0.05, 0) is 24.3 Å². The van der Waals surface area contributed by atoms with Gasteiger partial charge in [-0.2, -0.15) is 13.2 Å². The van der Waals surface area contributed by atoms with Crippen molar-refractivity contribution in [2.75, 3.05) is 31.2 Å². The maximum Gasteiger partial charge on any atom is 0.433 e. The fourth-order valence-corrected chi connectivity index (χ4v) is 2.55. The summed E-state index contributed by atoms with van der Waals surface area (Å²) in [5.41, 5.74) is 0.115. The van der Waals surface area contributed by atoms with Gasteiger partial charge in [-0.1, -0.05) is 13.0 Å². The predicted molar refractivity (Wildman–Crippen MR) is 68.9 cm³/mol. The van der Waals surface area contributed by atoms with Crippen molar-refractivity contribution in [3.63, 3.8) is 0 Å². The van der Waals surface area contributed by atoms with Gasteiger partial charge in [0, 0.05) is 18.7 Å². The first-order valence-corrected chi connectivity index (χ1v) is 6.82. The van der Waals surface area contributed by atoms with Gasteiger partial charge in [-0.3, -0.25) is 0 Å². The van der Waals surface area contributed by atoms with Gasteiger partial charge in [0.15, 0.2) is 0 Å². The third-order valence-corrected chi connectivity index (χ3v) is 4.13. The normalized spacial score (nSPS) is 21.9. The molecule has 1 aromatic rings. The number of ether oxygens (including phenoxy) is 1. The molecule has 6 heteroatoms. The van der Waals surface area contributed by atoms with Crippen LogP contribution in [0.5, 0.6) is 0 Å². The lowest BCUT2D eigenvalue weighted by Gasteiger charge is -2.31. The highest BCUT2D eigenvalue weighted by molar-refractivity contribution is 5.54. The summed E-state index contributed by atoms with van der Waals surface area (Å²) in [4.78, 5) is 5.83. The molecule has 20 heavy (non-hydrogen) atoms. The van der Waals surface area contributed by atoms with Crippen LogP contribution in [0.1, 0.15) is 31.0 Å². The van der Waals surface area contributed by atoms with Gasteiger partial charge in [-0.15, -0.1) is 0 Å². The lowest BCUT2D eigenvalue weighted by atomic mass is 9.98. The van der Waals surface area contributed by atoms with E-state index in [9.17, 15) is 13.2 Å². The Morgan fingerprint density at radius 2 is 1.85 bits per heavy atom. The minimum absolute atomic E-state index is 0.00916. The molecule has 0 N–H and O–H groups in total. The van der Waals surface area contributed by atoms with Gasteiger partial charge in [0.25, 0.3) is 0 Å². The Morgan fingerprint density at radius 3 is 2.40 bits per heavy atom. The van der Waals surface area contributed by atoms with E-state index in [1.165, 1.54) is 0 Å². The van der Waals surface area contributed by atoms with Crippen molar-refractivity contribution >= 4 is 5.82 Å². The predicted octanol–water partition coefficient (Wildman–Crippen LogP) is 2.99. The smallest absolute Gasteiger partial charge is 0.378 e. The maximum absolute atomic E-state index is 12.9. The Labute approximate surface area is 115 Å². The average Bonchev–Trinajstić information content (AvgIpc) is 3.17. The maximum atomic E-state index is 12.9. The van der Waals surface area contributed by atoms with Crippen LogP contribution in [-0.4, -0.2) is 31.3 Å². The number of aromatic nitrogens is 1. The summed E-state index contributed by atoms with van der Waals surface area (Å²) >= 11 is 0. The zero-order valence-electron chi connectivity index (χ0n) is 11.3. The summed E-state index contributed by atoms with van der Waals surface area (Å²) < 4.78 is 43.9. The van der Waals surface area contributed by atoms with Gasteiger partial charge in [0.05, 0.1) is 13.2 Å². The van der Waals surface area contributed by atoms with E-state index in [0.717, 1.165) is 24.5 Å². The second-order valence-electron chi connectivity index (χ2n) is 5.73. The van der Waals surface area contributed by atoms with Crippen molar-refractivity contribution < 1.29 is 17.9 Å². The SMILES string of the molecule is CC1(c2ccc(C(F)(F)F)nc2N2CCOCC2)CC1. The largest absolute Gasteiger partial charge is 0.433 e. The summed E-state index contributed by atoms with van der Waals surface area (Å²) in [6.07, 6.45) is -2.38. The van der Waals surface area contributed by atoms with Crippen molar-refractivity contribution in [2.45, 2.75) is 31.4 Å². The second-order valence-corrected chi connectivity index (χ2v) is 5.73. The van der Waals surface area contributed by atoms with E-state index < -0.39 is 11.9 Å². The molecule has 0 spiro atoms. The lowest BCUT2D eigenvalue weighted by molar-refractivity contribution is -0.141. The Hall–Kier alpha value is -1.30. The van der Waals surface area contributed by atoms with Crippen LogP contribution >= 0.6 is 0 Å². The monoisotopic (exact) mass is 286 g/mol. The molecule has 0 radical (unpaired) electrons. The molecule has 3 nitrogen and oxygen atoms in total. The van der Waals surface area contributed by atoms with Crippen molar-refractivity contribution in [2.24, 2.45) is 0 Å². The molecule has 0 aromatic carbocycles. The highest BCUT2D eigenvalue weighted by Crippen LogP contribution is 2.50. The molecule has 2 aliphatic rings. The number of nitrogens with zero attached hydrogens (tertiary/aromatic N) is 2. The summed E-state index contributed by atoms with van der Waals surface area (Å²) in [5, 5.41) is 0. The fraction of sp³-hybridized carbons (Fsp3) is 0.643. The topological polar surface area (TPSA) is 25.4 Å². The highest BCUT2D eigenvalue weighted by atomic mass is 19.4. The first-order chi connectivity index (χ1) is 9.40. The average molecular weight is 286 g/mol. The molecule has 1 saturated heterocycles. The van der Waals surface area contributed by atoms with Crippen LogP contribution in [0.15, 0.2) is 12.1 Å². The summed E-state index contributed by atoms with van der Waals surface area (Å²) in [7, 11) is 0. The van der Waals surface area contributed by atoms with E-state index in [1.807, 2.05) is 4.90 Å². The minimum atomic E-state index is -4.40. The first kappa shape index (κ1) is 13.7. The Kier molecular flexibility index (Phi) is 3.16. The number of halogens is 3. The van der Waals surface area contributed by atoms with Crippen LogP contribution in [0.3, 0.4) is 0 Å². The van der Waals surface area contributed by atoms with Crippen molar-refractivity contribution in [3.8, 4) is 0 Å². The number of pyridine rings is 1. The summed E-state index contributed by atoms with van der Waals surface area (Å²) in [6, 6.07) is 2.70. The van der Waals surface area contributed by atoms with Crippen molar-refractivity contribution in [3.05, 3.63) is 23.4 Å². The molecule has 1 aliphatic carbocycles. The van der Waals surface area contributed by atoms with E-state index in [4.69, 9.17) is 4.74 Å². The molecule has 0 unspecified atom stereocenters. The molecule has 3 rings (SSSR count). The number of alkyl halides is 3. The Balaban J connectivity index is 2.02. The molecule has 0 atom stereocenters. The molecule has 0 bridgehead atoms. The minimum Gasteiger partial charge on any atom is -0.378 e. The van der Waals surface area contributed by atoms with Gasteiger partial charge in [0.2, 0.25) is 0 Å². The standard InChI is InChI=1S/C14H17F3N2O/c1-13(4-5-13)10-2-3-11(14(15,16)17)18-12(10)19-6-8-20-9-7-19/h2-3H,4-9H2,1H3. The number of anilines is 1. The van der Waals surface area contributed by atoms with Crippen LogP contribution in [0.2, 0.25) is 0 Å². The summed E-state index contributed by atoms with van der Waals surface area (Å²) in [5.74, 6) is 0.489. The Bertz CT molecular complexity index is 506. The van der Waals surface area contributed by atoms with Crippen molar-refractivity contribution in [1.29, 1.82) is 0 Å². The van der Waals surface area contributed by atoms with Crippen LogP contribution in [0, 0.1) is 0 Å². The quantitative estimate of drug-likeness (QED) is 0.835. The van der Waals surface area contributed by atoms with Gasteiger partial charge in [-0.25, -0.2) is 4.98 Å². The van der Waals surface area contributed by atoms with Gasteiger partial charge in [0.1, 0.15) is 11.5 Å². The molecule has 2 heterocycles. The number of morpholine rings is 1. The third-order valence-electron chi connectivity index (χ3n) is 4.13. The van der Waals surface area contributed by atoms with Crippen LogP contribution in [-0.2, 0) is 16.3 Å². The molecule has 0 amide bonds. The summed E-state index contributed by atoms with van der Waals surface area (Å²) in [6.45, 7) is 4.35. The van der Waals surface area contributed by atoms with Gasteiger partial charge >= 0.3 is 6.18 Å². The van der Waals surface area contributed by atoms with Crippen LogP contribution in [0.4, 0.5) is 19.0 Å². The number of rotatable bonds is 2.